The zero-order valence-corrected chi connectivity index (χ0v) is 11.6. The van der Waals surface area contributed by atoms with Gasteiger partial charge in [-0.3, -0.25) is 9.59 Å². The van der Waals surface area contributed by atoms with Crippen LogP contribution in [-0.4, -0.2) is 37.5 Å². The molecule has 0 aliphatic heterocycles. The number of hydrogen-bond donors (Lipinski definition) is 2. The van der Waals surface area contributed by atoms with Crippen LogP contribution in [0.4, 0.5) is 4.39 Å². The van der Waals surface area contributed by atoms with Crippen molar-refractivity contribution in [1.82, 2.24) is 10.6 Å². The highest BCUT2D eigenvalue weighted by atomic mass is 19.1. The van der Waals surface area contributed by atoms with E-state index in [0.717, 1.165) is 12.5 Å². The summed E-state index contributed by atoms with van der Waals surface area (Å²) >= 11 is 0. The number of benzene rings is 1. The van der Waals surface area contributed by atoms with Crippen molar-refractivity contribution in [2.24, 2.45) is 0 Å². The van der Waals surface area contributed by atoms with E-state index in [0.29, 0.717) is 6.54 Å². The second-order valence-corrected chi connectivity index (χ2v) is 4.18. The number of ether oxygens (including phenoxy) is 1. The van der Waals surface area contributed by atoms with Crippen molar-refractivity contribution in [3.8, 4) is 0 Å². The third-order valence-electron chi connectivity index (χ3n) is 2.45. The number of halogens is 1. The van der Waals surface area contributed by atoms with Gasteiger partial charge < -0.3 is 15.4 Å². The number of esters is 1. The molecule has 7 heteroatoms. The third kappa shape index (κ3) is 6.03. The van der Waals surface area contributed by atoms with Crippen molar-refractivity contribution >= 4 is 17.8 Å². The van der Waals surface area contributed by atoms with Gasteiger partial charge in [-0.25, -0.2) is 9.18 Å². The summed E-state index contributed by atoms with van der Waals surface area (Å²) in [5.41, 5.74) is -0.244. The first-order valence-electron chi connectivity index (χ1n) is 6.49. The molecule has 1 rings (SSSR count). The van der Waals surface area contributed by atoms with Crippen molar-refractivity contribution in [3.05, 3.63) is 35.6 Å². The Morgan fingerprint density at radius 2 is 1.86 bits per heavy atom. The molecule has 114 valence electrons. The Bertz CT molecular complexity index is 519. The Morgan fingerprint density at radius 3 is 2.52 bits per heavy atom. The number of carbonyl (C=O) groups excluding carboxylic acids is 3. The van der Waals surface area contributed by atoms with Gasteiger partial charge in [-0.05, 0) is 18.6 Å². The van der Waals surface area contributed by atoms with Crippen LogP contribution in [0.15, 0.2) is 24.3 Å². The molecule has 0 radical (unpaired) electrons. The Kier molecular flexibility index (Phi) is 6.86. The lowest BCUT2D eigenvalue weighted by molar-refractivity contribution is -0.127. The number of nitrogens with one attached hydrogen (secondary N) is 2. The van der Waals surface area contributed by atoms with Crippen molar-refractivity contribution < 1.29 is 23.5 Å². The average molecular weight is 296 g/mol. The van der Waals surface area contributed by atoms with Crippen LogP contribution in [0, 0.1) is 5.82 Å². The van der Waals surface area contributed by atoms with Crippen LogP contribution >= 0.6 is 0 Å². The molecule has 2 amide bonds. The number of amides is 2. The first-order valence-corrected chi connectivity index (χ1v) is 6.49. The molecule has 1 aromatic carbocycles. The van der Waals surface area contributed by atoms with E-state index in [1.807, 2.05) is 6.92 Å². The molecule has 0 bridgehead atoms. The summed E-state index contributed by atoms with van der Waals surface area (Å²) in [6.45, 7) is 1.66. The van der Waals surface area contributed by atoms with Crippen molar-refractivity contribution in [1.29, 1.82) is 0 Å². The van der Waals surface area contributed by atoms with E-state index in [2.05, 4.69) is 15.4 Å². The molecule has 2 N–H and O–H groups in total. The minimum absolute atomic E-state index is 0.198. The van der Waals surface area contributed by atoms with Crippen LogP contribution in [0.1, 0.15) is 23.7 Å². The van der Waals surface area contributed by atoms with E-state index in [1.54, 1.807) is 0 Å². The lowest BCUT2D eigenvalue weighted by atomic mass is 10.2. The highest BCUT2D eigenvalue weighted by molar-refractivity contribution is 5.92. The van der Waals surface area contributed by atoms with Gasteiger partial charge in [0.15, 0.2) is 6.61 Å². The van der Waals surface area contributed by atoms with Crippen molar-refractivity contribution in [2.75, 3.05) is 19.7 Å². The Balaban J connectivity index is 2.32. The van der Waals surface area contributed by atoms with Gasteiger partial charge in [0.1, 0.15) is 5.82 Å². The SMILES string of the molecule is CCCNC(=O)CNC(=O)COC(=O)c1ccccc1F. The molecular weight excluding hydrogens is 279 g/mol. The number of carbonyl (C=O) groups is 3. The minimum atomic E-state index is -0.932. The summed E-state index contributed by atoms with van der Waals surface area (Å²) in [5, 5.41) is 4.87. The first-order chi connectivity index (χ1) is 10.0. The second-order valence-electron chi connectivity index (χ2n) is 4.18. The molecule has 0 aromatic heterocycles. The molecule has 0 atom stereocenters. The molecule has 1 aromatic rings. The van der Waals surface area contributed by atoms with Gasteiger partial charge in [0.05, 0.1) is 12.1 Å². The van der Waals surface area contributed by atoms with E-state index in [-0.39, 0.29) is 18.0 Å². The summed E-state index contributed by atoms with van der Waals surface area (Å²) in [6.07, 6.45) is 0.792. The zero-order valence-electron chi connectivity index (χ0n) is 11.6. The maximum absolute atomic E-state index is 13.3. The lowest BCUT2D eigenvalue weighted by Crippen LogP contribution is -2.38. The molecule has 0 saturated heterocycles. The summed E-state index contributed by atoms with van der Waals surface area (Å²) in [7, 11) is 0. The predicted octanol–water partition coefficient (Wildman–Crippen LogP) is 0.625. The van der Waals surface area contributed by atoms with Gasteiger partial charge in [0, 0.05) is 6.54 Å². The molecule has 0 saturated carbocycles. The maximum atomic E-state index is 13.3. The zero-order chi connectivity index (χ0) is 15.7. The molecule has 0 aliphatic carbocycles. The van der Waals surface area contributed by atoms with Crippen LogP contribution in [0.5, 0.6) is 0 Å². The first kappa shape index (κ1) is 16.6. The lowest BCUT2D eigenvalue weighted by Gasteiger charge is -2.07. The van der Waals surface area contributed by atoms with Gasteiger partial charge in [-0.2, -0.15) is 0 Å². The van der Waals surface area contributed by atoms with Gasteiger partial charge in [0.2, 0.25) is 5.91 Å². The number of hydrogen-bond acceptors (Lipinski definition) is 4. The van der Waals surface area contributed by atoms with Crippen LogP contribution in [-0.2, 0) is 14.3 Å². The maximum Gasteiger partial charge on any atom is 0.341 e. The number of rotatable bonds is 7. The fraction of sp³-hybridized carbons (Fsp3) is 0.357. The fourth-order valence-electron chi connectivity index (χ4n) is 1.39. The predicted molar refractivity (Wildman–Crippen MR) is 73.0 cm³/mol. The van der Waals surface area contributed by atoms with Crippen molar-refractivity contribution in [3.63, 3.8) is 0 Å². The molecule has 21 heavy (non-hydrogen) atoms. The van der Waals surface area contributed by atoms with Gasteiger partial charge in [-0.15, -0.1) is 0 Å². The van der Waals surface area contributed by atoms with E-state index < -0.39 is 24.3 Å². The van der Waals surface area contributed by atoms with Gasteiger partial charge in [-0.1, -0.05) is 19.1 Å². The quantitative estimate of drug-likeness (QED) is 0.723. The summed E-state index contributed by atoms with van der Waals surface area (Å²) in [6, 6.07) is 5.30. The van der Waals surface area contributed by atoms with Crippen molar-refractivity contribution in [2.45, 2.75) is 13.3 Å². The molecular formula is C14H17FN2O4. The molecule has 0 spiro atoms. The smallest absolute Gasteiger partial charge is 0.341 e. The van der Waals surface area contributed by atoms with Crippen LogP contribution in [0.3, 0.4) is 0 Å². The molecule has 0 fully saturated rings. The highest BCUT2D eigenvalue weighted by Crippen LogP contribution is 2.07. The summed E-state index contributed by atoms with van der Waals surface area (Å²) < 4.78 is 17.9. The van der Waals surface area contributed by atoms with Crippen LogP contribution in [0.25, 0.3) is 0 Å². The van der Waals surface area contributed by atoms with E-state index in [9.17, 15) is 18.8 Å². The largest absolute Gasteiger partial charge is 0.452 e. The molecule has 0 heterocycles. The highest BCUT2D eigenvalue weighted by Gasteiger charge is 2.14. The Morgan fingerprint density at radius 1 is 1.14 bits per heavy atom. The summed E-state index contributed by atoms with van der Waals surface area (Å²) in [4.78, 5) is 34.1. The Labute approximate surface area is 121 Å². The molecule has 0 aliphatic rings. The van der Waals surface area contributed by atoms with Gasteiger partial charge in [0.25, 0.3) is 5.91 Å². The second kappa shape index (κ2) is 8.68. The average Bonchev–Trinajstić information content (AvgIpc) is 2.48. The molecule has 0 unspecified atom stereocenters. The molecule has 6 nitrogen and oxygen atoms in total. The summed E-state index contributed by atoms with van der Waals surface area (Å²) in [5.74, 6) is -2.61. The fourth-order valence-corrected chi connectivity index (χ4v) is 1.39. The van der Waals surface area contributed by atoms with Crippen LogP contribution in [0.2, 0.25) is 0 Å². The van der Waals surface area contributed by atoms with E-state index in [1.165, 1.54) is 18.2 Å². The standard InChI is InChI=1S/C14H17FN2O4/c1-2-7-16-12(18)8-17-13(19)9-21-14(20)10-5-3-4-6-11(10)15/h3-6H,2,7-9H2,1H3,(H,16,18)(H,17,19). The normalized spacial score (nSPS) is 9.81. The minimum Gasteiger partial charge on any atom is -0.452 e. The Hall–Kier alpha value is -2.44. The van der Waals surface area contributed by atoms with Gasteiger partial charge >= 0.3 is 5.97 Å². The van der Waals surface area contributed by atoms with E-state index in [4.69, 9.17) is 0 Å². The van der Waals surface area contributed by atoms with E-state index >= 15 is 0 Å². The topological polar surface area (TPSA) is 84.5 Å². The third-order valence-corrected chi connectivity index (χ3v) is 2.45. The van der Waals surface area contributed by atoms with Crippen LogP contribution < -0.4 is 10.6 Å². The monoisotopic (exact) mass is 296 g/mol.